The fourth-order valence-electron chi connectivity index (χ4n) is 2.41. The van der Waals surface area contributed by atoms with Crippen molar-refractivity contribution in [3.63, 3.8) is 0 Å². The molecule has 0 aromatic carbocycles. The van der Waals surface area contributed by atoms with Crippen LogP contribution in [0.15, 0.2) is 0 Å². The molecule has 2 atom stereocenters. The number of halogens is 1. The van der Waals surface area contributed by atoms with Crippen LogP contribution in [0.3, 0.4) is 0 Å². The summed E-state index contributed by atoms with van der Waals surface area (Å²) in [5.41, 5.74) is 2.43. The monoisotopic (exact) mass is 222 g/mol. The van der Waals surface area contributed by atoms with E-state index in [1.807, 2.05) is 0 Å². The maximum Gasteiger partial charge on any atom is 0.136 e. The number of aromatic nitrogens is 2. The summed E-state index contributed by atoms with van der Waals surface area (Å²) in [6.07, 6.45) is 5.87. The lowest BCUT2D eigenvalue weighted by Gasteiger charge is -2.16. The molecule has 0 N–H and O–H groups in total. The Morgan fingerprint density at radius 1 is 1.20 bits per heavy atom. The SMILES string of the molecule is CC1CC1c1nc(Cl)c2c(n1)CCCC2. The molecule has 3 rings (SSSR count). The van der Waals surface area contributed by atoms with Gasteiger partial charge in [-0.1, -0.05) is 18.5 Å². The molecule has 80 valence electrons. The molecule has 0 amide bonds. The van der Waals surface area contributed by atoms with E-state index in [1.165, 1.54) is 30.5 Å². The van der Waals surface area contributed by atoms with Crippen molar-refractivity contribution in [3.05, 3.63) is 22.2 Å². The molecule has 2 aliphatic carbocycles. The van der Waals surface area contributed by atoms with Gasteiger partial charge in [0.25, 0.3) is 0 Å². The number of nitrogens with zero attached hydrogens (tertiary/aromatic N) is 2. The van der Waals surface area contributed by atoms with Crippen LogP contribution in [0.5, 0.6) is 0 Å². The normalized spacial score (nSPS) is 28.7. The van der Waals surface area contributed by atoms with Crippen LogP contribution < -0.4 is 0 Å². The molecule has 1 heterocycles. The minimum Gasteiger partial charge on any atom is -0.237 e. The zero-order valence-electron chi connectivity index (χ0n) is 8.96. The second-order valence-electron chi connectivity index (χ2n) is 4.82. The molecule has 0 spiro atoms. The fraction of sp³-hybridized carbons (Fsp3) is 0.667. The molecule has 0 bridgehead atoms. The van der Waals surface area contributed by atoms with Crippen LogP contribution in [0, 0.1) is 5.92 Å². The first-order chi connectivity index (χ1) is 7.25. The number of hydrogen-bond donors (Lipinski definition) is 0. The molecule has 2 nitrogen and oxygen atoms in total. The molecule has 1 saturated carbocycles. The standard InChI is InChI=1S/C12H15ClN2/c1-7-6-9(7)12-14-10-5-3-2-4-8(10)11(13)15-12/h7,9H,2-6H2,1H3. The first kappa shape index (κ1) is 9.59. The van der Waals surface area contributed by atoms with Crippen molar-refractivity contribution >= 4 is 11.6 Å². The van der Waals surface area contributed by atoms with Gasteiger partial charge in [-0.15, -0.1) is 0 Å². The van der Waals surface area contributed by atoms with Gasteiger partial charge in [-0.05, 0) is 38.0 Å². The molecular formula is C12H15ClN2. The van der Waals surface area contributed by atoms with E-state index < -0.39 is 0 Å². The Bertz CT molecular complexity index is 403. The number of hydrogen-bond acceptors (Lipinski definition) is 2. The van der Waals surface area contributed by atoms with E-state index in [0.29, 0.717) is 11.1 Å². The van der Waals surface area contributed by atoms with Crippen molar-refractivity contribution in [1.82, 2.24) is 9.97 Å². The Balaban J connectivity index is 2.01. The summed E-state index contributed by atoms with van der Waals surface area (Å²) in [6, 6.07) is 0. The average molecular weight is 223 g/mol. The predicted molar refractivity (Wildman–Crippen MR) is 60.2 cm³/mol. The van der Waals surface area contributed by atoms with Gasteiger partial charge >= 0.3 is 0 Å². The Labute approximate surface area is 95.1 Å². The maximum atomic E-state index is 6.22. The highest BCUT2D eigenvalue weighted by atomic mass is 35.5. The van der Waals surface area contributed by atoms with E-state index in [-0.39, 0.29) is 0 Å². The molecule has 1 aromatic heterocycles. The third kappa shape index (κ3) is 1.65. The Kier molecular flexibility index (Phi) is 2.20. The highest BCUT2D eigenvalue weighted by Gasteiger charge is 2.37. The third-order valence-electron chi connectivity index (χ3n) is 3.59. The second-order valence-corrected chi connectivity index (χ2v) is 5.18. The zero-order valence-corrected chi connectivity index (χ0v) is 9.72. The number of rotatable bonds is 1. The molecule has 15 heavy (non-hydrogen) atoms. The Morgan fingerprint density at radius 3 is 2.67 bits per heavy atom. The van der Waals surface area contributed by atoms with Gasteiger partial charge in [0.15, 0.2) is 0 Å². The van der Waals surface area contributed by atoms with Crippen LogP contribution in [0.2, 0.25) is 5.15 Å². The summed E-state index contributed by atoms with van der Waals surface area (Å²) >= 11 is 6.22. The molecule has 0 aliphatic heterocycles. The Hall–Kier alpha value is -0.630. The van der Waals surface area contributed by atoms with Gasteiger partial charge in [-0.2, -0.15) is 0 Å². The number of fused-ring (bicyclic) bond motifs is 1. The van der Waals surface area contributed by atoms with E-state index in [2.05, 4.69) is 11.9 Å². The molecule has 2 unspecified atom stereocenters. The molecule has 0 saturated heterocycles. The molecule has 0 radical (unpaired) electrons. The second kappa shape index (κ2) is 3.44. The smallest absolute Gasteiger partial charge is 0.136 e. The predicted octanol–water partition coefficient (Wildman–Crippen LogP) is 3.13. The van der Waals surface area contributed by atoms with E-state index in [0.717, 1.165) is 24.6 Å². The van der Waals surface area contributed by atoms with Crippen LogP contribution >= 0.6 is 11.6 Å². The third-order valence-corrected chi connectivity index (χ3v) is 3.90. The molecular weight excluding hydrogens is 208 g/mol. The van der Waals surface area contributed by atoms with Gasteiger partial charge in [0.1, 0.15) is 11.0 Å². The van der Waals surface area contributed by atoms with Crippen molar-refractivity contribution in [2.45, 2.75) is 44.9 Å². The summed E-state index contributed by atoms with van der Waals surface area (Å²) in [5.74, 6) is 2.32. The largest absolute Gasteiger partial charge is 0.237 e. The first-order valence-electron chi connectivity index (χ1n) is 5.81. The van der Waals surface area contributed by atoms with E-state index in [4.69, 9.17) is 16.6 Å². The molecule has 2 aliphatic rings. The summed E-state index contributed by atoms with van der Waals surface area (Å²) in [6.45, 7) is 2.25. The van der Waals surface area contributed by atoms with Gasteiger partial charge < -0.3 is 0 Å². The minimum atomic E-state index is 0.578. The molecule has 3 heteroatoms. The lowest BCUT2D eigenvalue weighted by molar-refractivity contribution is 0.651. The lowest BCUT2D eigenvalue weighted by Crippen LogP contribution is -2.10. The molecule has 1 fully saturated rings. The summed E-state index contributed by atoms with van der Waals surface area (Å²) in [7, 11) is 0. The Morgan fingerprint density at radius 2 is 1.93 bits per heavy atom. The summed E-state index contributed by atoms with van der Waals surface area (Å²) in [5, 5.41) is 0.716. The van der Waals surface area contributed by atoms with Crippen molar-refractivity contribution in [1.29, 1.82) is 0 Å². The topological polar surface area (TPSA) is 25.8 Å². The minimum absolute atomic E-state index is 0.578. The first-order valence-corrected chi connectivity index (χ1v) is 6.18. The van der Waals surface area contributed by atoms with Crippen molar-refractivity contribution in [2.75, 3.05) is 0 Å². The summed E-state index contributed by atoms with van der Waals surface area (Å²) < 4.78 is 0. The van der Waals surface area contributed by atoms with Crippen molar-refractivity contribution in [3.8, 4) is 0 Å². The van der Waals surface area contributed by atoms with Gasteiger partial charge in [0.2, 0.25) is 0 Å². The van der Waals surface area contributed by atoms with Crippen molar-refractivity contribution < 1.29 is 0 Å². The van der Waals surface area contributed by atoms with Gasteiger partial charge in [0.05, 0.1) is 0 Å². The molecule has 1 aromatic rings. The van der Waals surface area contributed by atoms with Gasteiger partial charge in [0, 0.05) is 17.2 Å². The van der Waals surface area contributed by atoms with E-state index >= 15 is 0 Å². The van der Waals surface area contributed by atoms with Crippen LogP contribution in [0.25, 0.3) is 0 Å². The number of aryl methyl sites for hydroxylation is 1. The van der Waals surface area contributed by atoms with Crippen LogP contribution in [-0.4, -0.2) is 9.97 Å². The highest BCUT2D eigenvalue weighted by molar-refractivity contribution is 6.30. The van der Waals surface area contributed by atoms with Crippen LogP contribution in [-0.2, 0) is 12.8 Å². The van der Waals surface area contributed by atoms with Gasteiger partial charge in [-0.25, -0.2) is 9.97 Å². The maximum absolute atomic E-state index is 6.22. The quantitative estimate of drug-likeness (QED) is 0.683. The zero-order chi connectivity index (χ0) is 10.4. The van der Waals surface area contributed by atoms with Crippen LogP contribution in [0.4, 0.5) is 0 Å². The average Bonchev–Trinajstić information content (AvgIpc) is 2.96. The van der Waals surface area contributed by atoms with E-state index in [9.17, 15) is 0 Å². The van der Waals surface area contributed by atoms with Crippen molar-refractivity contribution in [2.24, 2.45) is 5.92 Å². The van der Waals surface area contributed by atoms with E-state index in [1.54, 1.807) is 0 Å². The highest BCUT2D eigenvalue weighted by Crippen LogP contribution is 2.46. The summed E-state index contributed by atoms with van der Waals surface area (Å²) in [4.78, 5) is 9.14. The van der Waals surface area contributed by atoms with Gasteiger partial charge in [-0.3, -0.25) is 0 Å². The fourth-order valence-corrected chi connectivity index (χ4v) is 2.70. The van der Waals surface area contributed by atoms with Crippen LogP contribution in [0.1, 0.15) is 49.2 Å². The lowest BCUT2D eigenvalue weighted by atomic mass is 9.97.